The molecular formula is C24H39N3O4S. The number of sulfonamides is 1. The molecule has 1 aliphatic heterocycles. The summed E-state index contributed by atoms with van der Waals surface area (Å²) in [6.45, 7) is 13.1. The molecule has 180 valence electrons. The van der Waals surface area contributed by atoms with Crippen LogP contribution in [0.15, 0.2) is 18.2 Å². The van der Waals surface area contributed by atoms with E-state index >= 15 is 0 Å². The molecule has 2 aliphatic rings. The molecule has 0 bridgehead atoms. The first kappa shape index (κ1) is 25.0. The molecule has 1 aromatic carbocycles. The van der Waals surface area contributed by atoms with Crippen LogP contribution in [0.25, 0.3) is 0 Å². The molecule has 32 heavy (non-hydrogen) atoms. The maximum absolute atomic E-state index is 12.8. The zero-order valence-corrected chi connectivity index (χ0v) is 21.1. The zero-order chi connectivity index (χ0) is 23.7. The number of hydrogen-bond donors (Lipinski definition) is 2. The number of amides is 1. The minimum atomic E-state index is -3.37. The Kier molecular flexibility index (Phi) is 7.57. The molecule has 1 heterocycles. The third-order valence-corrected chi connectivity index (χ3v) is 8.71. The van der Waals surface area contributed by atoms with Crippen molar-refractivity contribution in [1.82, 2.24) is 4.72 Å². The van der Waals surface area contributed by atoms with Crippen molar-refractivity contribution in [2.75, 3.05) is 23.3 Å². The van der Waals surface area contributed by atoms with E-state index in [0.29, 0.717) is 25.7 Å². The van der Waals surface area contributed by atoms with Crippen molar-refractivity contribution in [3.8, 4) is 0 Å². The quantitative estimate of drug-likeness (QED) is 0.690. The lowest BCUT2D eigenvalue weighted by atomic mass is 9.86. The van der Waals surface area contributed by atoms with Crippen molar-refractivity contribution in [2.45, 2.75) is 90.2 Å². The SMILES string of the molecule is Cc1cc(NC(=O)C2CCC(NS(=O)(=O)C(C)(C)C)CC2)ccc1N1C[C@@H](C)O[C@@H](C)C1. The molecule has 0 radical (unpaired) electrons. The van der Waals surface area contributed by atoms with Crippen molar-refractivity contribution in [1.29, 1.82) is 0 Å². The maximum Gasteiger partial charge on any atom is 0.227 e. The van der Waals surface area contributed by atoms with E-state index in [-0.39, 0.29) is 30.1 Å². The van der Waals surface area contributed by atoms with Crippen LogP contribution in [0, 0.1) is 12.8 Å². The summed E-state index contributed by atoms with van der Waals surface area (Å²) in [4.78, 5) is 15.2. The summed E-state index contributed by atoms with van der Waals surface area (Å²) < 4.78 is 32.6. The molecule has 1 amide bonds. The molecule has 8 heteroatoms. The normalized spacial score (nSPS) is 27.2. The molecule has 1 saturated heterocycles. The van der Waals surface area contributed by atoms with Gasteiger partial charge in [0, 0.05) is 36.4 Å². The van der Waals surface area contributed by atoms with E-state index in [4.69, 9.17) is 4.74 Å². The second-order valence-electron chi connectivity index (χ2n) is 10.4. The van der Waals surface area contributed by atoms with Crippen LogP contribution in [0.4, 0.5) is 11.4 Å². The lowest BCUT2D eigenvalue weighted by molar-refractivity contribution is -0.120. The van der Waals surface area contributed by atoms with E-state index in [0.717, 1.165) is 24.3 Å². The molecule has 2 N–H and O–H groups in total. The number of rotatable bonds is 5. The Bertz CT molecular complexity index is 908. The van der Waals surface area contributed by atoms with Gasteiger partial charge in [-0.25, -0.2) is 13.1 Å². The standard InChI is InChI=1S/C24H39N3O4S/c1-16-13-21(11-12-22(16)27-14-17(2)31-18(3)15-27)25-23(28)19-7-9-20(10-8-19)26-32(29,30)24(4,5)6/h11-13,17-20,26H,7-10,14-15H2,1-6H3,(H,25,28)/t17-,18+,19?,20?. The lowest BCUT2D eigenvalue weighted by Gasteiger charge is -2.37. The van der Waals surface area contributed by atoms with Gasteiger partial charge in [-0.2, -0.15) is 0 Å². The molecular weight excluding hydrogens is 426 g/mol. The van der Waals surface area contributed by atoms with Crippen molar-refractivity contribution >= 4 is 27.3 Å². The third-order valence-electron chi connectivity index (χ3n) is 6.45. The van der Waals surface area contributed by atoms with Gasteiger partial charge < -0.3 is 15.0 Å². The highest BCUT2D eigenvalue weighted by Crippen LogP contribution is 2.30. The molecule has 3 rings (SSSR count). The highest BCUT2D eigenvalue weighted by molar-refractivity contribution is 7.90. The number of anilines is 2. The number of carbonyl (C=O) groups excluding carboxylic acids is 1. The van der Waals surface area contributed by atoms with Crippen LogP contribution in [0.5, 0.6) is 0 Å². The van der Waals surface area contributed by atoms with Crippen LogP contribution in [-0.2, 0) is 19.6 Å². The Morgan fingerprint density at radius 3 is 2.19 bits per heavy atom. The summed E-state index contributed by atoms with van der Waals surface area (Å²) >= 11 is 0. The number of nitrogens with zero attached hydrogens (tertiary/aromatic N) is 1. The van der Waals surface area contributed by atoms with E-state index < -0.39 is 14.8 Å². The fourth-order valence-electron chi connectivity index (χ4n) is 4.58. The second-order valence-corrected chi connectivity index (χ2v) is 12.9. The molecule has 0 spiro atoms. The van der Waals surface area contributed by atoms with Gasteiger partial charge in [-0.15, -0.1) is 0 Å². The van der Waals surface area contributed by atoms with Gasteiger partial charge in [0.05, 0.1) is 17.0 Å². The summed E-state index contributed by atoms with van der Waals surface area (Å²) in [5.74, 6) is -0.0748. The highest BCUT2D eigenvalue weighted by atomic mass is 32.2. The monoisotopic (exact) mass is 465 g/mol. The Morgan fingerprint density at radius 2 is 1.66 bits per heavy atom. The van der Waals surface area contributed by atoms with Crippen molar-refractivity contribution in [3.05, 3.63) is 23.8 Å². The molecule has 0 aromatic heterocycles. The Balaban J connectivity index is 1.55. The van der Waals surface area contributed by atoms with E-state index in [2.05, 4.69) is 41.8 Å². The number of benzene rings is 1. The molecule has 2 fully saturated rings. The van der Waals surface area contributed by atoms with Crippen molar-refractivity contribution < 1.29 is 17.9 Å². The van der Waals surface area contributed by atoms with Gasteiger partial charge in [0.1, 0.15) is 0 Å². The van der Waals surface area contributed by atoms with Crippen LogP contribution in [0.1, 0.15) is 65.9 Å². The van der Waals surface area contributed by atoms with Gasteiger partial charge in [0.25, 0.3) is 0 Å². The van der Waals surface area contributed by atoms with Crippen molar-refractivity contribution in [2.24, 2.45) is 5.92 Å². The summed E-state index contributed by atoms with van der Waals surface area (Å²) in [6.07, 6.45) is 3.12. The molecule has 1 aromatic rings. The van der Waals surface area contributed by atoms with Crippen molar-refractivity contribution in [3.63, 3.8) is 0 Å². The largest absolute Gasteiger partial charge is 0.372 e. The molecule has 0 unspecified atom stereocenters. The Labute approximate surface area is 193 Å². The smallest absolute Gasteiger partial charge is 0.227 e. The predicted octanol–water partition coefficient (Wildman–Crippen LogP) is 3.82. The van der Waals surface area contributed by atoms with E-state index in [1.165, 1.54) is 5.69 Å². The first-order valence-corrected chi connectivity index (χ1v) is 13.2. The summed E-state index contributed by atoms with van der Waals surface area (Å²) in [6, 6.07) is 5.98. The number of carbonyl (C=O) groups is 1. The number of hydrogen-bond acceptors (Lipinski definition) is 5. The minimum Gasteiger partial charge on any atom is -0.372 e. The van der Waals surface area contributed by atoms with E-state index in [1.807, 2.05) is 12.1 Å². The average Bonchev–Trinajstić information content (AvgIpc) is 2.66. The van der Waals surface area contributed by atoms with Crippen LogP contribution >= 0.6 is 0 Å². The fraction of sp³-hybridized carbons (Fsp3) is 0.708. The molecule has 1 saturated carbocycles. The highest BCUT2D eigenvalue weighted by Gasteiger charge is 2.34. The van der Waals surface area contributed by atoms with Gasteiger partial charge in [-0.05, 0) is 91.0 Å². The lowest BCUT2D eigenvalue weighted by Crippen LogP contribution is -2.46. The molecule has 7 nitrogen and oxygen atoms in total. The van der Waals surface area contributed by atoms with E-state index in [1.54, 1.807) is 20.8 Å². The first-order chi connectivity index (χ1) is 14.9. The predicted molar refractivity (Wildman–Crippen MR) is 130 cm³/mol. The average molecular weight is 466 g/mol. The molecule has 1 aliphatic carbocycles. The van der Waals surface area contributed by atoms with Crippen LogP contribution < -0.4 is 14.9 Å². The molecule has 2 atom stereocenters. The van der Waals surface area contributed by atoms with Crippen LogP contribution in [0.2, 0.25) is 0 Å². The Hall–Kier alpha value is -1.64. The van der Waals surface area contributed by atoms with Gasteiger partial charge in [-0.3, -0.25) is 4.79 Å². The topological polar surface area (TPSA) is 87.7 Å². The summed E-state index contributed by atoms with van der Waals surface area (Å²) in [7, 11) is -3.37. The number of aryl methyl sites for hydroxylation is 1. The zero-order valence-electron chi connectivity index (χ0n) is 20.3. The van der Waals surface area contributed by atoms with E-state index in [9.17, 15) is 13.2 Å². The first-order valence-electron chi connectivity index (χ1n) is 11.7. The number of ether oxygens (including phenoxy) is 1. The van der Waals surface area contributed by atoms with Gasteiger partial charge in [-0.1, -0.05) is 0 Å². The maximum atomic E-state index is 12.8. The minimum absolute atomic E-state index is 0.0166. The van der Waals surface area contributed by atoms with Gasteiger partial charge in [0.2, 0.25) is 15.9 Å². The van der Waals surface area contributed by atoms with Gasteiger partial charge >= 0.3 is 0 Å². The van der Waals surface area contributed by atoms with Crippen LogP contribution in [-0.4, -0.2) is 50.4 Å². The Morgan fingerprint density at radius 1 is 1.06 bits per heavy atom. The summed E-state index contributed by atoms with van der Waals surface area (Å²) in [5, 5.41) is 3.07. The third kappa shape index (κ3) is 6.02. The van der Waals surface area contributed by atoms with Crippen LogP contribution in [0.3, 0.4) is 0 Å². The van der Waals surface area contributed by atoms with Gasteiger partial charge in [0.15, 0.2) is 0 Å². The summed E-state index contributed by atoms with van der Waals surface area (Å²) in [5.41, 5.74) is 3.11. The fourth-order valence-corrected chi connectivity index (χ4v) is 5.60. The second kappa shape index (κ2) is 9.69. The number of morpholine rings is 1. The number of nitrogens with one attached hydrogen (secondary N) is 2.